The molecule has 0 bridgehead atoms. The van der Waals surface area contributed by atoms with E-state index in [0.29, 0.717) is 18.4 Å². The van der Waals surface area contributed by atoms with Crippen LogP contribution in [0.1, 0.15) is 46.5 Å². The SMILES string of the molecule is CC(C)(C)N(CCN(C(=O)CBr)C1CCCC1)C(=O)O. The Morgan fingerprint density at radius 1 is 1.20 bits per heavy atom. The van der Waals surface area contributed by atoms with E-state index in [1.165, 1.54) is 4.90 Å². The highest BCUT2D eigenvalue weighted by Crippen LogP contribution is 2.24. The molecule has 0 aromatic rings. The van der Waals surface area contributed by atoms with E-state index < -0.39 is 11.6 Å². The minimum atomic E-state index is -0.935. The van der Waals surface area contributed by atoms with E-state index >= 15 is 0 Å². The summed E-state index contributed by atoms with van der Waals surface area (Å²) in [5.41, 5.74) is -0.454. The van der Waals surface area contributed by atoms with Crippen LogP contribution in [0.15, 0.2) is 0 Å². The lowest BCUT2D eigenvalue weighted by Crippen LogP contribution is -2.50. The van der Waals surface area contributed by atoms with E-state index in [0.717, 1.165) is 25.7 Å². The first kappa shape index (κ1) is 17.3. The largest absolute Gasteiger partial charge is 0.465 e. The summed E-state index contributed by atoms with van der Waals surface area (Å²) in [5, 5.41) is 9.59. The van der Waals surface area contributed by atoms with Crippen molar-refractivity contribution >= 4 is 27.9 Å². The number of halogens is 1. The quantitative estimate of drug-likeness (QED) is 0.777. The Balaban J connectivity index is 2.69. The topological polar surface area (TPSA) is 60.9 Å². The zero-order valence-electron chi connectivity index (χ0n) is 12.6. The summed E-state index contributed by atoms with van der Waals surface area (Å²) in [6.45, 7) is 6.43. The first-order valence-electron chi connectivity index (χ1n) is 7.13. The van der Waals surface area contributed by atoms with Crippen molar-refractivity contribution < 1.29 is 14.7 Å². The fourth-order valence-corrected chi connectivity index (χ4v) is 3.05. The Bertz CT molecular complexity index is 349. The maximum Gasteiger partial charge on any atom is 0.407 e. The van der Waals surface area contributed by atoms with Crippen molar-refractivity contribution in [2.24, 2.45) is 0 Å². The van der Waals surface area contributed by atoms with Gasteiger partial charge in [0.2, 0.25) is 5.91 Å². The van der Waals surface area contributed by atoms with Gasteiger partial charge in [0.15, 0.2) is 0 Å². The summed E-state index contributed by atoms with van der Waals surface area (Å²) in [7, 11) is 0. The predicted octanol–water partition coefficient (Wildman–Crippen LogP) is 2.93. The average molecular weight is 349 g/mol. The third kappa shape index (κ3) is 4.65. The monoisotopic (exact) mass is 348 g/mol. The highest BCUT2D eigenvalue weighted by atomic mass is 79.9. The van der Waals surface area contributed by atoms with Crippen molar-refractivity contribution in [2.75, 3.05) is 18.4 Å². The van der Waals surface area contributed by atoms with Gasteiger partial charge in [-0.15, -0.1) is 0 Å². The van der Waals surface area contributed by atoms with Gasteiger partial charge in [-0.25, -0.2) is 4.79 Å². The molecular formula is C14H25BrN2O3. The number of amides is 2. The van der Waals surface area contributed by atoms with E-state index in [-0.39, 0.29) is 11.9 Å². The summed E-state index contributed by atoms with van der Waals surface area (Å²) < 4.78 is 0. The second-order valence-corrected chi connectivity index (χ2v) is 6.82. The van der Waals surface area contributed by atoms with Crippen molar-refractivity contribution in [1.29, 1.82) is 0 Å². The van der Waals surface area contributed by atoms with E-state index in [1.807, 2.05) is 25.7 Å². The number of hydrogen-bond donors (Lipinski definition) is 1. The molecule has 0 unspecified atom stereocenters. The number of rotatable bonds is 5. The first-order valence-corrected chi connectivity index (χ1v) is 8.25. The lowest BCUT2D eigenvalue weighted by atomic mass is 10.1. The van der Waals surface area contributed by atoms with Gasteiger partial charge in [0.25, 0.3) is 0 Å². The molecule has 0 aromatic heterocycles. The number of nitrogens with zero attached hydrogens (tertiary/aromatic N) is 2. The third-order valence-electron chi connectivity index (χ3n) is 3.81. The second kappa shape index (κ2) is 7.29. The molecule has 5 nitrogen and oxygen atoms in total. The number of carbonyl (C=O) groups is 2. The molecule has 0 atom stereocenters. The lowest BCUT2D eigenvalue weighted by Gasteiger charge is -2.36. The molecule has 2 amide bonds. The molecule has 1 aliphatic rings. The first-order chi connectivity index (χ1) is 9.27. The van der Waals surface area contributed by atoms with Crippen LogP contribution in [0.25, 0.3) is 0 Å². The van der Waals surface area contributed by atoms with E-state index in [1.54, 1.807) is 0 Å². The molecule has 0 aromatic carbocycles. The minimum absolute atomic E-state index is 0.0520. The Kier molecular flexibility index (Phi) is 6.30. The molecule has 20 heavy (non-hydrogen) atoms. The van der Waals surface area contributed by atoms with Crippen LogP contribution in [0.3, 0.4) is 0 Å². The number of alkyl halides is 1. The fraction of sp³-hybridized carbons (Fsp3) is 0.857. The van der Waals surface area contributed by atoms with Crippen LogP contribution in [0.5, 0.6) is 0 Å². The van der Waals surface area contributed by atoms with Gasteiger partial charge in [0.05, 0.1) is 5.33 Å². The molecule has 1 N–H and O–H groups in total. The predicted molar refractivity (Wildman–Crippen MR) is 82.2 cm³/mol. The molecule has 0 saturated heterocycles. The van der Waals surface area contributed by atoms with Gasteiger partial charge in [-0.1, -0.05) is 28.8 Å². The Hall–Kier alpha value is -0.780. The summed E-state index contributed by atoms with van der Waals surface area (Å²) >= 11 is 3.22. The number of hydrogen-bond acceptors (Lipinski definition) is 2. The van der Waals surface area contributed by atoms with Gasteiger partial charge >= 0.3 is 6.09 Å². The normalized spacial score (nSPS) is 16.2. The highest BCUT2D eigenvalue weighted by Gasteiger charge is 2.30. The van der Waals surface area contributed by atoms with Gasteiger partial charge < -0.3 is 14.9 Å². The molecule has 0 radical (unpaired) electrons. The number of carboxylic acid groups (broad SMARTS) is 1. The third-order valence-corrected chi connectivity index (χ3v) is 4.28. The van der Waals surface area contributed by atoms with Crippen LogP contribution in [0, 0.1) is 0 Å². The van der Waals surface area contributed by atoms with Gasteiger partial charge in [0.1, 0.15) is 0 Å². The second-order valence-electron chi connectivity index (χ2n) is 6.26. The Labute approximate surface area is 129 Å². The van der Waals surface area contributed by atoms with Gasteiger partial charge in [0, 0.05) is 24.7 Å². The van der Waals surface area contributed by atoms with Gasteiger partial charge in [-0.05, 0) is 33.6 Å². The van der Waals surface area contributed by atoms with Crippen molar-refractivity contribution in [3.63, 3.8) is 0 Å². The fourth-order valence-electron chi connectivity index (χ4n) is 2.73. The highest BCUT2D eigenvalue weighted by molar-refractivity contribution is 9.09. The van der Waals surface area contributed by atoms with E-state index in [9.17, 15) is 14.7 Å². The van der Waals surface area contributed by atoms with E-state index in [4.69, 9.17) is 0 Å². The molecule has 0 spiro atoms. The van der Waals surface area contributed by atoms with Crippen molar-refractivity contribution in [1.82, 2.24) is 9.80 Å². The van der Waals surface area contributed by atoms with Gasteiger partial charge in [-0.2, -0.15) is 0 Å². The lowest BCUT2D eigenvalue weighted by molar-refractivity contribution is -0.130. The van der Waals surface area contributed by atoms with Crippen molar-refractivity contribution in [3.05, 3.63) is 0 Å². The molecule has 1 rings (SSSR count). The smallest absolute Gasteiger partial charge is 0.407 e. The molecule has 0 heterocycles. The molecule has 6 heteroatoms. The molecule has 1 fully saturated rings. The number of carbonyl (C=O) groups excluding carboxylic acids is 1. The molecule has 1 saturated carbocycles. The van der Waals surface area contributed by atoms with Crippen LogP contribution >= 0.6 is 15.9 Å². The maximum absolute atomic E-state index is 12.0. The van der Waals surface area contributed by atoms with Crippen LogP contribution < -0.4 is 0 Å². The summed E-state index contributed by atoms with van der Waals surface area (Å²) in [6, 6.07) is 0.274. The van der Waals surface area contributed by atoms with Crippen molar-refractivity contribution in [3.8, 4) is 0 Å². The minimum Gasteiger partial charge on any atom is -0.465 e. The Morgan fingerprint density at radius 2 is 1.75 bits per heavy atom. The van der Waals surface area contributed by atoms with Crippen LogP contribution in [-0.2, 0) is 4.79 Å². The van der Waals surface area contributed by atoms with Crippen molar-refractivity contribution in [2.45, 2.75) is 58.0 Å². The molecule has 116 valence electrons. The maximum atomic E-state index is 12.0. The summed E-state index contributed by atoms with van der Waals surface area (Å²) in [4.78, 5) is 26.6. The molecule has 1 aliphatic carbocycles. The van der Waals surface area contributed by atoms with Crippen LogP contribution in [-0.4, -0.2) is 56.9 Å². The molecule has 0 aliphatic heterocycles. The van der Waals surface area contributed by atoms with E-state index in [2.05, 4.69) is 15.9 Å². The summed E-state index contributed by atoms with van der Waals surface area (Å²) in [5.74, 6) is 0.0520. The van der Waals surface area contributed by atoms with Crippen LogP contribution in [0.2, 0.25) is 0 Å². The standard InChI is InChI=1S/C14H25BrN2O3/c1-14(2,3)17(13(19)20)9-8-16(12(18)10-15)11-6-4-5-7-11/h11H,4-10H2,1-3H3,(H,19,20). The van der Waals surface area contributed by atoms with Crippen LogP contribution in [0.4, 0.5) is 4.79 Å². The molecular weight excluding hydrogens is 324 g/mol. The zero-order chi connectivity index (χ0) is 15.3. The zero-order valence-corrected chi connectivity index (χ0v) is 14.1. The average Bonchev–Trinajstić information content (AvgIpc) is 2.85. The van der Waals surface area contributed by atoms with Gasteiger partial charge in [-0.3, -0.25) is 4.79 Å². The summed E-state index contributed by atoms with van der Waals surface area (Å²) in [6.07, 6.45) is 3.43. The Morgan fingerprint density at radius 3 is 2.15 bits per heavy atom.